The van der Waals surface area contributed by atoms with Crippen LogP contribution in [0.25, 0.3) is 6.08 Å². The molecule has 0 aliphatic carbocycles. The van der Waals surface area contributed by atoms with E-state index in [0.29, 0.717) is 0 Å². The average Bonchev–Trinajstić information content (AvgIpc) is 2.49. The number of aromatic hydroxyl groups is 1. The van der Waals surface area contributed by atoms with E-state index in [1.54, 1.807) is 18.2 Å². The zero-order valence-electron chi connectivity index (χ0n) is 11.1. The van der Waals surface area contributed by atoms with E-state index in [1.807, 2.05) is 0 Å². The fourth-order valence-electron chi connectivity index (χ4n) is 1.96. The van der Waals surface area contributed by atoms with Gasteiger partial charge in [0.2, 0.25) is 6.29 Å². The summed E-state index contributed by atoms with van der Waals surface area (Å²) in [7, 11) is 0. The number of aliphatic hydroxyl groups excluding tert-OH is 4. The van der Waals surface area contributed by atoms with Crippen molar-refractivity contribution in [3.8, 4) is 5.75 Å². The van der Waals surface area contributed by atoms with Gasteiger partial charge < -0.3 is 35.0 Å². The predicted molar refractivity (Wildman–Crippen MR) is 72.0 cm³/mol. The summed E-state index contributed by atoms with van der Waals surface area (Å²) in [4.78, 5) is 0. The van der Waals surface area contributed by atoms with Crippen LogP contribution in [0.4, 0.5) is 0 Å². The zero-order chi connectivity index (χ0) is 15.4. The van der Waals surface area contributed by atoms with E-state index >= 15 is 0 Å². The molecule has 21 heavy (non-hydrogen) atoms. The molecular weight excluding hydrogens is 280 g/mol. The normalized spacial score (nSPS) is 33.2. The second-order valence-corrected chi connectivity index (χ2v) is 4.73. The molecule has 1 aromatic rings. The summed E-state index contributed by atoms with van der Waals surface area (Å²) >= 11 is 0. The Morgan fingerprint density at radius 2 is 1.71 bits per heavy atom. The Hall–Kier alpha value is -1.64. The first-order valence-electron chi connectivity index (χ1n) is 6.44. The third-order valence-electron chi connectivity index (χ3n) is 3.21. The highest BCUT2D eigenvalue weighted by molar-refractivity contribution is 5.49. The average molecular weight is 298 g/mol. The second kappa shape index (κ2) is 6.88. The maximum absolute atomic E-state index is 9.75. The lowest BCUT2D eigenvalue weighted by Crippen LogP contribution is -2.58. The highest BCUT2D eigenvalue weighted by atomic mass is 16.7. The molecule has 0 bridgehead atoms. The van der Waals surface area contributed by atoms with Gasteiger partial charge in [-0.05, 0) is 23.8 Å². The van der Waals surface area contributed by atoms with Crippen molar-refractivity contribution in [2.75, 3.05) is 6.61 Å². The lowest BCUT2D eigenvalue weighted by atomic mass is 9.99. The fraction of sp³-hybridized carbons (Fsp3) is 0.429. The smallest absolute Gasteiger partial charge is 0.228 e. The molecule has 7 heteroatoms. The van der Waals surface area contributed by atoms with Crippen LogP contribution in [0.3, 0.4) is 0 Å². The lowest BCUT2D eigenvalue weighted by molar-refractivity contribution is -0.287. The third-order valence-corrected chi connectivity index (χ3v) is 3.21. The van der Waals surface area contributed by atoms with Crippen LogP contribution in [-0.2, 0) is 9.47 Å². The summed E-state index contributed by atoms with van der Waals surface area (Å²) < 4.78 is 10.3. The van der Waals surface area contributed by atoms with E-state index in [4.69, 9.17) is 19.7 Å². The van der Waals surface area contributed by atoms with Gasteiger partial charge in [-0.15, -0.1) is 0 Å². The van der Waals surface area contributed by atoms with Crippen molar-refractivity contribution in [1.82, 2.24) is 0 Å². The van der Waals surface area contributed by atoms with Crippen LogP contribution >= 0.6 is 0 Å². The van der Waals surface area contributed by atoms with Crippen molar-refractivity contribution in [3.05, 3.63) is 36.1 Å². The van der Waals surface area contributed by atoms with E-state index in [0.717, 1.165) is 5.56 Å². The van der Waals surface area contributed by atoms with Crippen LogP contribution in [0.5, 0.6) is 5.75 Å². The predicted octanol–water partition coefficient (Wildman–Crippen LogP) is -0.821. The highest BCUT2D eigenvalue weighted by Crippen LogP contribution is 2.22. The summed E-state index contributed by atoms with van der Waals surface area (Å²) in [5.41, 5.74) is 0.748. The molecule has 1 aromatic carbocycles. The number of hydrogen-bond donors (Lipinski definition) is 5. The van der Waals surface area contributed by atoms with Crippen molar-refractivity contribution >= 4 is 6.08 Å². The number of phenols is 1. The van der Waals surface area contributed by atoms with E-state index < -0.39 is 37.3 Å². The van der Waals surface area contributed by atoms with Crippen LogP contribution in [0.1, 0.15) is 5.56 Å². The monoisotopic (exact) mass is 298 g/mol. The van der Waals surface area contributed by atoms with Crippen molar-refractivity contribution in [2.24, 2.45) is 0 Å². The van der Waals surface area contributed by atoms with Gasteiger partial charge in [0.05, 0.1) is 12.9 Å². The Balaban J connectivity index is 1.96. The zero-order valence-corrected chi connectivity index (χ0v) is 11.1. The lowest BCUT2D eigenvalue weighted by Gasteiger charge is -2.39. The second-order valence-electron chi connectivity index (χ2n) is 4.73. The molecule has 116 valence electrons. The van der Waals surface area contributed by atoms with Crippen LogP contribution in [-0.4, -0.2) is 62.8 Å². The fourth-order valence-corrected chi connectivity index (χ4v) is 1.96. The Labute approximate surface area is 121 Å². The van der Waals surface area contributed by atoms with E-state index in [1.165, 1.54) is 18.4 Å². The number of hydrogen-bond acceptors (Lipinski definition) is 7. The molecular formula is C14H18O7. The minimum absolute atomic E-state index is 0.141. The molecule has 1 fully saturated rings. The first-order valence-corrected chi connectivity index (χ1v) is 6.44. The summed E-state index contributed by atoms with van der Waals surface area (Å²) in [6.07, 6.45) is -3.69. The maximum Gasteiger partial charge on any atom is 0.228 e. The van der Waals surface area contributed by atoms with Crippen molar-refractivity contribution in [1.29, 1.82) is 0 Å². The van der Waals surface area contributed by atoms with Gasteiger partial charge in [-0.2, -0.15) is 0 Å². The number of benzene rings is 1. The van der Waals surface area contributed by atoms with Gasteiger partial charge in [-0.1, -0.05) is 12.1 Å². The van der Waals surface area contributed by atoms with Crippen molar-refractivity contribution < 1.29 is 35.0 Å². The molecule has 2 rings (SSSR count). The standard InChI is InChI=1S/C14H18O7/c15-7-10-11(17)12(18)13(19)14(21-10)20-6-5-8-1-3-9(16)4-2-8/h1-6,10-19H,7H2/b6-5+/t10-,11-,12+,13-,14-/m1/s1. The highest BCUT2D eigenvalue weighted by Gasteiger charge is 2.44. The molecule has 0 radical (unpaired) electrons. The van der Waals surface area contributed by atoms with Gasteiger partial charge in [-0.25, -0.2) is 0 Å². The van der Waals surface area contributed by atoms with Crippen LogP contribution < -0.4 is 0 Å². The molecule has 1 saturated heterocycles. The van der Waals surface area contributed by atoms with E-state index in [9.17, 15) is 15.3 Å². The summed E-state index contributed by atoms with van der Waals surface area (Å²) in [6, 6.07) is 6.33. The van der Waals surface area contributed by atoms with Crippen molar-refractivity contribution in [2.45, 2.75) is 30.7 Å². The van der Waals surface area contributed by atoms with Crippen LogP contribution in [0.2, 0.25) is 0 Å². The molecule has 5 N–H and O–H groups in total. The largest absolute Gasteiger partial charge is 0.508 e. The van der Waals surface area contributed by atoms with Gasteiger partial charge in [0.25, 0.3) is 0 Å². The third kappa shape index (κ3) is 3.72. The Bertz CT molecular complexity index is 471. The first-order chi connectivity index (χ1) is 10.0. The number of rotatable bonds is 4. The Kier molecular flexibility index (Phi) is 5.16. The summed E-state index contributed by atoms with van der Waals surface area (Å²) in [5.74, 6) is 0.141. The molecule has 0 saturated carbocycles. The molecule has 1 heterocycles. The molecule has 5 atom stereocenters. The number of ether oxygens (including phenoxy) is 2. The summed E-state index contributed by atoms with van der Waals surface area (Å²) in [5, 5.41) is 47.1. The first kappa shape index (κ1) is 15.7. The number of aliphatic hydroxyl groups is 4. The Morgan fingerprint density at radius 3 is 2.33 bits per heavy atom. The number of phenolic OH excluding ortho intramolecular Hbond substituents is 1. The minimum atomic E-state index is -1.47. The molecule has 0 amide bonds. The Morgan fingerprint density at radius 1 is 1.05 bits per heavy atom. The molecule has 1 aliphatic rings. The molecule has 0 unspecified atom stereocenters. The van der Waals surface area contributed by atoms with Gasteiger partial charge >= 0.3 is 0 Å². The molecule has 0 spiro atoms. The molecule has 0 aromatic heterocycles. The van der Waals surface area contributed by atoms with E-state index in [-0.39, 0.29) is 5.75 Å². The SMILES string of the molecule is OC[C@H]1O[C@@H](O/C=C/c2ccc(O)cc2)[C@H](O)[C@@H](O)[C@@H]1O. The minimum Gasteiger partial charge on any atom is -0.508 e. The van der Waals surface area contributed by atoms with Gasteiger partial charge in [0.1, 0.15) is 30.2 Å². The van der Waals surface area contributed by atoms with Crippen molar-refractivity contribution in [3.63, 3.8) is 0 Å². The van der Waals surface area contributed by atoms with Gasteiger partial charge in [0.15, 0.2) is 0 Å². The quantitative estimate of drug-likeness (QED) is 0.461. The van der Waals surface area contributed by atoms with Crippen LogP contribution in [0, 0.1) is 0 Å². The topological polar surface area (TPSA) is 120 Å². The van der Waals surface area contributed by atoms with Gasteiger partial charge in [0, 0.05) is 0 Å². The van der Waals surface area contributed by atoms with Gasteiger partial charge in [-0.3, -0.25) is 0 Å². The molecule has 7 nitrogen and oxygen atoms in total. The summed E-state index contributed by atoms with van der Waals surface area (Å²) in [6.45, 7) is -0.507. The van der Waals surface area contributed by atoms with E-state index in [2.05, 4.69) is 0 Å². The maximum atomic E-state index is 9.75. The molecule has 1 aliphatic heterocycles. The van der Waals surface area contributed by atoms with Crippen LogP contribution in [0.15, 0.2) is 30.5 Å².